The number of nitrogens with zero attached hydrogens (tertiary/aromatic N) is 1. The molecule has 0 spiro atoms. The number of halogens is 2. The summed E-state index contributed by atoms with van der Waals surface area (Å²) in [7, 11) is 0. The van der Waals surface area contributed by atoms with Crippen LogP contribution in [0.4, 0.5) is 10.5 Å². The molecule has 0 saturated heterocycles. The van der Waals surface area contributed by atoms with Crippen molar-refractivity contribution in [3.8, 4) is 0 Å². The zero-order valence-electron chi connectivity index (χ0n) is 12.1. The summed E-state index contributed by atoms with van der Waals surface area (Å²) in [5.41, 5.74) is -0.219. The minimum atomic E-state index is -0.965. The summed E-state index contributed by atoms with van der Waals surface area (Å²) >= 11 is 12.0. The third-order valence-electron chi connectivity index (χ3n) is 2.80. The zero-order valence-corrected chi connectivity index (χ0v) is 13.6. The van der Waals surface area contributed by atoms with Gasteiger partial charge in [-0.05, 0) is 32.9 Å². The Balaban J connectivity index is 2.93. The van der Waals surface area contributed by atoms with E-state index in [2.05, 4.69) is 5.32 Å². The van der Waals surface area contributed by atoms with Gasteiger partial charge in [0.25, 0.3) is 0 Å². The summed E-state index contributed by atoms with van der Waals surface area (Å²) < 4.78 is 0. The molecule has 0 atom stereocenters. The Kier molecular flexibility index (Phi) is 5.87. The van der Waals surface area contributed by atoms with E-state index in [-0.39, 0.29) is 13.0 Å². The summed E-state index contributed by atoms with van der Waals surface area (Å²) in [6, 6.07) is 4.45. The number of para-hydroxylation sites is 1. The van der Waals surface area contributed by atoms with Gasteiger partial charge in [-0.1, -0.05) is 29.3 Å². The molecule has 0 aromatic heterocycles. The van der Waals surface area contributed by atoms with Crippen molar-refractivity contribution in [2.24, 2.45) is 0 Å². The first kappa shape index (κ1) is 17.6. The topological polar surface area (TPSA) is 69.6 Å². The Hall–Kier alpha value is -1.46. The van der Waals surface area contributed by atoms with Crippen molar-refractivity contribution in [2.75, 3.05) is 11.9 Å². The van der Waals surface area contributed by atoms with E-state index >= 15 is 0 Å². The Labute approximate surface area is 133 Å². The monoisotopic (exact) mass is 332 g/mol. The van der Waals surface area contributed by atoms with Crippen molar-refractivity contribution in [2.45, 2.75) is 32.7 Å². The van der Waals surface area contributed by atoms with Gasteiger partial charge < -0.3 is 15.3 Å². The fourth-order valence-corrected chi connectivity index (χ4v) is 2.23. The fourth-order valence-electron chi connectivity index (χ4n) is 1.74. The first-order valence-electron chi connectivity index (χ1n) is 6.37. The summed E-state index contributed by atoms with van der Waals surface area (Å²) in [6.45, 7) is 5.56. The molecule has 21 heavy (non-hydrogen) atoms. The van der Waals surface area contributed by atoms with E-state index in [1.807, 2.05) is 20.8 Å². The molecule has 0 saturated carbocycles. The van der Waals surface area contributed by atoms with Crippen LogP contribution in [-0.4, -0.2) is 34.1 Å². The molecule has 2 N–H and O–H groups in total. The SMILES string of the molecule is CC(C)(C)N(CCC(=O)O)C(=O)Nc1c(Cl)cccc1Cl. The third-order valence-corrected chi connectivity index (χ3v) is 3.43. The van der Waals surface area contributed by atoms with Crippen LogP contribution in [-0.2, 0) is 4.79 Å². The molecule has 7 heteroatoms. The van der Waals surface area contributed by atoms with E-state index in [0.717, 1.165) is 0 Å². The number of anilines is 1. The molecule has 1 rings (SSSR count). The van der Waals surface area contributed by atoms with E-state index in [1.54, 1.807) is 18.2 Å². The summed E-state index contributed by atoms with van der Waals surface area (Å²) in [5, 5.41) is 12.1. The number of hydrogen-bond acceptors (Lipinski definition) is 2. The van der Waals surface area contributed by atoms with Crippen molar-refractivity contribution >= 4 is 40.9 Å². The Morgan fingerprint density at radius 3 is 2.19 bits per heavy atom. The molecule has 0 fully saturated rings. The highest BCUT2D eigenvalue weighted by Gasteiger charge is 2.27. The van der Waals surface area contributed by atoms with Crippen LogP contribution < -0.4 is 5.32 Å². The maximum absolute atomic E-state index is 12.4. The van der Waals surface area contributed by atoms with Gasteiger partial charge in [-0.2, -0.15) is 0 Å². The van der Waals surface area contributed by atoms with Gasteiger partial charge in [-0.3, -0.25) is 4.79 Å². The van der Waals surface area contributed by atoms with Crippen molar-refractivity contribution in [3.05, 3.63) is 28.2 Å². The second kappa shape index (κ2) is 7.00. The molecular weight excluding hydrogens is 315 g/mol. The molecule has 0 unspecified atom stereocenters. The first-order valence-corrected chi connectivity index (χ1v) is 7.13. The molecular formula is C14H18Cl2N2O3. The second-order valence-electron chi connectivity index (χ2n) is 5.49. The van der Waals surface area contributed by atoms with Crippen molar-refractivity contribution in [1.82, 2.24) is 4.90 Å². The highest BCUT2D eigenvalue weighted by molar-refractivity contribution is 6.39. The molecule has 0 aliphatic rings. The number of carbonyl (C=O) groups is 2. The van der Waals surface area contributed by atoms with Gasteiger partial charge in [0.05, 0.1) is 22.2 Å². The number of amides is 2. The molecule has 116 valence electrons. The van der Waals surface area contributed by atoms with E-state index in [0.29, 0.717) is 15.7 Å². The van der Waals surface area contributed by atoms with Crippen LogP contribution in [0.15, 0.2) is 18.2 Å². The second-order valence-corrected chi connectivity index (χ2v) is 6.31. The highest BCUT2D eigenvalue weighted by atomic mass is 35.5. The van der Waals surface area contributed by atoms with Gasteiger partial charge in [-0.25, -0.2) is 4.79 Å². The lowest BCUT2D eigenvalue weighted by Gasteiger charge is -2.35. The predicted octanol–water partition coefficient (Wildman–Crippen LogP) is 4.10. The number of hydrogen-bond donors (Lipinski definition) is 2. The average Bonchev–Trinajstić information content (AvgIpc) is 2.32. The minimum absolute atomic E-state index is 0.0900. The number of benzene rings is 1. The molecule has 5 nitrogen and oxygen atoms in total. The molecule has 0 aliphatic carbocycles. The van der Waals surface area contributed by atoms with Crippen LogP contribution >= 0.6 is 23.2 Å². The first-order chi connectivity index (χ1) is 9.62. The highest BCUT2D eigenvalue weighted by Crippen LogP contribution is 2.30. The summed E-state index contributed by atoms with van der Waals surface area (Å²) in [5.74, 6) is -0.965. The van der Waals surface area contributed by atoms with Gasteiger partial charge in [0, 0.05) is 12.1 Å². The normalized spacial score (nSPS) is 11.1. The molecule has 0 aliphatic heterocycles. The molecule has 1 aromatic rings. The number of carbonyl (C=O) groups excluding carboxylic acids is 1. The van der Waals surface area contributed by atoms with E-state index in [1.165, 1.54) is 4.90 Å². The Morgan fingerprint density at radius 2 is 1.76 bits per heavy atom. The zero-order chi connectivity index (χ0) is 16.2. The minimum Gasteiger partial charge on any atom is -0.481 e. The maximum atomic E-state index is 12.4. The largest absolute Gasteiger partial charge is 0.481 e. The average molecular weight is 333 g/mol. The molecule has 0 heterocycles. The Morgan fingerprint density at radius 1 is 1.24 bits per heavy atom. The number of rotatable bonds is 4. The summed E-state index contributed by atoms with van der Waals surface area (Å²) in [4.78, 5) is 24.5. The van der Waals surface area contributed by atoms with Gasteiger partial charge in [0.1, 0.15) is 0 Å². The van der Waals surface area contributed by atoms with Crippen molar-refractivity contribution in [3.63, 3.8) is 0 Å². The lowest BCUT2D eigenvalue weighted by Crippen LogP contribution is -2.48. The lowest BCUT2D eigenvalue weighted by molar-refractivity contribution is -0.137. The van der Waals surface area contributed by atoms with E-state index in [9.17, 15) is 9.59 Å². The van der Waals surface area contributed by atoms with Gasteiger partial charge in [0.15, 0.2) is 0 Å². The van der Waals surface area contributed by atoms with Crippen LogP contribution in [0.1, 0.15) is 27.2 Å². The van der Waals surface area contributed by atoms with Crippen LogP contribution in [0.2, 0.25) is 10.0 Å². The number of carboxylic acid groups (broad SMARTS) is 1. The van der Waals surface area contributed by atoms with Gasteiger partial charge in [0.2, 0.25) is 0 Å². The quantitative estimate of drug-likeness (QED) is 0.871. The molecule has 1 aromatic carbocycles. The number of carboxylic acids is 1. The van der Waals surface area contributed by atoms with Crippen LogP contribution in [0.5, 0.6) is 0 Å². The lowest BCUT2D eigenvalue weighted by atomic mass is 10.1. The number of aliphatic carboxylic acids is 1. The Bertz CT molecular complexity index is 521. The standard InChI is InChI=1S/C14H18Cl2N2O3/c1-14(2,3)18(8-7-11(19)20)13(21)17-12-9(15)5-4-6-10(12)16/h4-6H,7-8H2,1-3H3,(H,17,21)(H,19,20). The van der Waals surface area contributed by atoms with Crippen LogP contribution in [0, 0.1) is 0 Å². The maximum Gasteiger partial charge on any atom is 0.322 e. The predicted molar refractivity (Wildman–Crippen MR) is 84.2 cm³/mol. The van der Waals surface area contributed by atoms with Crippen LogP contribution in [0.25, 0.3) is 0 Å². The smallest absolute Gasteiger partial charge is 0.322 e. The molecule has 0 radical (unpaired) electrons. The van der Waals surface area contributed by atoms with Gasteiger partial charge >= 0.3 is 12.0 Å². The van der Waals surface area contributed by atoms with Crippen molar-refractivity contribution < 1.29 is 14.7 Å². The molecule has 2 amide bonds. The molecule has 0 bridgehead atoms. The van der Waals surface area contributed by atoms with Crippen LogP contribution in [0.3, 0.4) is 0 Å². The number of nitrogens with one attached hydrogen (secondary N) is 1. The van der Waals surface area contributed by atoms with Gasteiger partial charge in [-0.15, -0.1) is 0 Å². The summed E-state index contributed by atoms with van der Waals surface area (Å²) in [6.07, 6.45) is -0.138. The third kappa shape index (κ3) is 5.10. The van der Waals surface area contributed by atoms with E-state index < -0.39 is 17.5 Å². The van der Waals surface area contributed by atoms with E-state index in [4.69, 9.17) is 28.3 Å². The fraction of sp³-hybridized carbons (Fsp3) is 0.429. The number of urea groups is 1. The van der Waals surface area contributed by atoms with Crippen molar-refractivity contribution in [1.29, 1.82) is 0 Å².